The van der Waals surface area contributed by atoms with Crippen molar-refractivity contribution >= 4 is 17.5 Å². The lowest BCUT2D eigenvalue weighted by molar-refractivity contribution is -0.134. The molecular formula is C36H50FN3O5. The van der Waals surface area contributed by atoms with E-state index in [-0.39, 0.29) is 54.4 Å². The molecular weight excluding hydrogens is 573 g/mol. The zero-order chi connectivity index (χ0) is 32.3. The first-order valence-corrected chi connectivity index (χ1v) is 16.6. The number of fused-ring (bicyclic) bond motifs is 1. The van der Waals surface area contributed by atoms with Crippen molar-refractivity contribution in [3.63, 3.8) is 0 Å². The molecule has 0 spiro atoms. The molecule has 2 atom stereocenters. The number of rotatable bonds is 13. The fourth-order valence-corrected chi connectivity index (χ4v) is 7.33. The van der Waals surface area contributed by atoms with Crippen LogP contribution in [0.2, 0.25) is 0 Å². The topological polar surface area (TPSA) is 71.6 Å². The van der Waals surface area contributed by atoms with Crippen LogP contribution in [0.3, 0.4) is 0 Å². The SMILES string of the molecule is CCCC(CCC)N(C(=O)CN1C[C@H](c2cc(OC)c3c(c2)OCO3)C[C@@H]1CCN1CCC(C)(C)C1=O)c1ccc(F)c(C)c1. The van der Waals surface area contributed by atoms with Gasteiger partial charge in [-0.25, -0.2) is 4.39 Å². The van der Waals surface area contributed by atoms with Gasteiger partial charge in [0.25, 0.3) is 0 Å². The standard InChI is InChI=1S/C36H50FN3O5/c1-7-9-27(10-8-2)40(29-11-12-30(37)24(3)17-29)33(41)22-39-21-26(25-19-31(43-6)34-32(20-25)44-23-45-34)18-28(39)13-15-38-16-14-36(4,5)35(38)42/h11-12,17,19-20,26-28H,7-10,13-16,18,21-23H2,1-6H3/t26-,28+/m1/s1. The zero-order valence-electron chi connectivity index (χ0n) is 27.9. The summed E-state index contributed by atoms with van der Waals surface area (Å²) in [5, 5.41) is 0. The minimum absolute atomic E-state index is 0.0280. The number of amides is 2. The Morgan fingerprint density at radius 3 is 2.56 bits per heavy atom. The quantitative estimate of drug-likeness (QED) is 0.248. The Morgan fingerprint density at radius 1 is 1.16 bits per heavy atom. The van der Waals surface area contributed by atoms with Gasteiger partial charge in [-0.15, -0.1) is 0 Å². The monoisotopic (exact) mass is 623 g/mol. The van der Waals surface area contributed by atoms with Crippen molar-refractivity contribution in [1.82, 2.24) is 9.80 Å². The highest BCUT2D eigenvalue weighted by Gasteiger charge is 2.41. The average molecular weight is 624 g/mol. The predicted molar refractivity (Wildman–Crippen MR) is 174 cm³/mol. The van der Waals surface area contributed by atoms with Crippen LogP contribution < -0.4 is 19.1 Å². The van der Waals surface area contributed by atoms with E-state index in [1.165, 1.54) is 6.07 Å². The lowest BCUT2D eigenvalue weighted by Gasteiger charge is -2.35. The number of carbonyl (C=O) groups excluding carboxylic acids is 2. The summed E-state index contributed by atoms with van der Waals surface area (Å²) < 4.78 is 31.3. The molecule has 3 heterocycles. The van der Waals surface area contributed by atoms with Crippen LogP contribution in [0.25, 0.3) is 0 Å². The van der Waals surface area contributed by atoms with Gasteiger partial charge >= 0.3 is 0 Å². The largest absolute Gasteiger partial charge is 0.493 e. The van der Waals surface area contributed by atoms with Crippen LogP contribution >= 0.6 is 0 Å². The fraction of sp³-hybridized carbons (Fsp3) is 0.611. The third-order valence-corrected chi connectivity index (χ3v) is 9.92. The molecule has 5 rings (SSSR count). The lowest BCUT2D eigenvalue weighted by Crippen LogP contribution is -2.47. The van der Waals surface area contributed by atoms with Gasteiger partial charge in [-0.05, 0) is 86.4 Å². The molecule has 0 unspecified atom stereocenters. The fourth-order valence-electron chi connectivity index (χ4n) is 7.33. The Morgan fingerprint density at radius 2 is 1.91 bits per heavy atom. The van der Waals surface area contributed by atoms with E-state index in [2.05, 4.69) is 18.7 Å². The van der Waals surface area contributed by atoms with Gasteiger partial charge in [0.2, 0.25) is 24.4 Å². The molecule has 8 nitrogen and oxygen atoms in total. The molecule has 45 heavy (non-hydrogen) atoms. The van der Waals surface area contributed by atoms with E-state index in [9.17, 15) is 14.0 Å². The smallest absolute Gasteiger partial charge is 0.241 e. The van der Waals surface area contributed by atoms with E-state index in [1.54, 1.807) is 26.2 Å². The summed E-state index contributed by atoms with van der Waals surface area (Å²) in [6.07, 6.45) is 6.17. The predicted octanol–water partition coefficient (Wildman–Crippen LogP) is 6.68. The molecule has 2 amide bonds. The molecule has 3 aliphatic heterocycles. The number of likely N-dealkylation sites (tertiary alicyclic amines) is 2. The molecule has 3 aliphatic rings. The Balaban J connectivity index is 1.42. The zero-order valence-corrected chi connectivity index (χ0v) is 27.9. The summed E-state index contributed by atoms with van der Waals surface area (Å²) >= 11 is 0. The highest BCUT2D eigenvalue weighted by atomic mass is 19.1. The second-order valence-electron chi connectivity index (χ2n) is 13.6. The van der Waals surface area contributed by atoms with Crippen LogP contribution in [-0.2, 0) is 9.59 Å². The van der Waals surface area contributed by atoms with Gasteiger partial charge in [-0.1, -0.05) is 40.5 Å². The molecule has 2 saturated heterocycles. The lowest BCUT2D eigenvalue weighted by atomic mass is 9.92. The van der Waals surface area contributed by atoms with Gasteiger partial charge in [-0.3, -0.25) is 14.5 Å². The van der Waals surface area contributed by atoms with Crippen LogP contribution in [-0.4, -0.2) is 73.8 Å². The van der Waals surface area contributed by atoms with Gasteiger partial charge in [0, 0.05) is 42.8 Å². The number of benzene rings is 2. The van der Waals surface area contributed by atoms with Gasteiger partial charge in [0.15, 0.2) is 11.5 Å². The van der Waals surface area contributed by atoms with Crippen molar-refractivity contribution in [3.05, 3.63) is 47.3 Å². The molecule has 0 aromatic heterocycles. The summed E-state index contributed by atoms with van der Waals surface area (Å²) in [6.45, 7) is 12.6. The molecule has 0 aliphatic carbocycles. The van der Waals surface area contributed by atoms with Gasteiger partial charge < -0.3 is 24.0 Å². The second kappa shape index (κ2) is 14.0. The van der Waals surface area contributed by atoms with Crippen molar-refractivity contribution in [2.24, 2.45) is 5.41 Å². The molecule has 0 N–H and O–H groups in total. The number of aryl methyl sites for hydroxylation is 1. The van der Waals surface area contributed by atoms with Gasteiger partial charge in [0.1, 0.15) is 5.82 Å². The molecule has 0 saturated carbocycles. The summed E-state index contributed by atoms with van der Waals surface area (Å²) in [5.41, 5.74) is 2.06. The molecule has 0 bridgehead atoms. The summed E-state index contributed by atoms with van der Waals surface area (Å²) in [5.74, 6) is 2.08. The number of halogens is 1. The molecule has 2 fully saturated rings. The summed E-state index contributed by atoms with van der Waals surface area (Å²) in [4.78, 5) is 33.7. The molecule has 0 radical (unpaired) electrons. The third kappa shape index (κ3) is 7.08. The Bertz CT molecular complexity index is 1370. The molecule has 2 aromatic rings. The normalized spacial score (nSPS) is 20.8. The first-order chi connectivity index (χ1) is 21.6. The van der Waals surface area contributed by atoms with E-state index in [1.807, 2.05) is 35.8 Å². The average Bonchev–Trinajstić information content (AvgIpc) is 3.71. The van der Waals surface area contributed by atoms with E-state index in [4.69, 9.17) is 14.2 Å². The van der Waals surface area contributed by atoms with Crippen molar-refractivity contribution in [2.75, 3.05) is 45.0 Å². The third-order valence-electron chi connectivity index (χ3n) is 9.92. The highest BCUT2D eigenvalue weighted by Crippen LogP contribution is 2.45. The maximum atomic E-state index is 14.4. The Hall–Kier alpha value is -3.33. The first-order valence-electron chi connectivity index (χ1n) is 16.6. The Labute approximate surface area is 267 Å². The van der Waals surface area contributed by atoms with Crippen molar-refractivity contribution in [3.8, 4) is 17.2 Å². The van der Waals surface area contributed by atoms with Crippen LogP contribution in [0.1, 0.15) is 89.7 Å². The molecule has 246 valence electrons. The van der Waals surface area contributed by atoms with E-state index in [0.717, 1.165) is 62.7 Å². The first kappa shape index (κ1) is 33.0. The van der Waals surface area contributed by atoms with E-state index in [0.29, 0.717) is 35.9 Å². The number of hydrogen-bond acceptors (Lipinski definition) is 6. The Kier molecular flexibility index (Phi) is 10.3. The minimum atomic E-state index is -0.321. The van der Waals surface area contributed by atoms with E-state index < -0.39 is 0 Å². The van der Waals surface area contributed by atoms with Crippen molar-refractivity contribution in [2.45, 2.75) is 97.6 Å². The van der Waals surface area contributed by atoms with Crippen molar-refractivity contribution in [1.29, 1.82) is 0 Å². The molecule has 2 aromatic carbocycles. The van der Waals surface area contributed by atoms with Crippen LogP contribution in [0.4, 0.5) is 10.1 Å². The van der Waals surface area contributed by atoms with Crippen LogP contribution in [0.5, 0.6) is 17.2 Å². The number of ether oxygens (including phenoxy) is 3. The number of hydrogen-bond donors (Lipinski definition) is 0. The van der Waals surface area contributed by atoms with Crippen LogP contribution in [0, 0.1) is 18.2 Å². The number of anilines is 1. The van der Waals surface area contributed by atoms with Crippen LogP contribution in [0.15, 0.2) is 30.3 Å². The number of carbonyl (C=O) groups is 2. The van der Waals surface area contributed by atoms with Crippen molar-refractivity contribution < 1.29 is 28.2 Å². The molecule has 9 heteroatoms. The highest BCUT2D eigenvalue weighted by molar-refractivity contribution is 5.95. The maximum Gasteiger partial charge on any atom is 0.241 e. The number of nitrogens with zero attached hydrogens (tertiary/aromatic N) is 3. The summed E-state index contributed by atoms with van der Waals surface area (Å²) in [6, 6.07) is 9.22. The van der Waals surface area contributed by atoms with E-state index >= 15 is 0 Å². The van der Waals surface area contributed by atoms with Gasteiger partial charge in [0.05, 0.1) is 13.7 Å². The second-order valence-corrected chi connectivity index (χ2v) is 13.6. The maximum absolute atomic E-state index is 14.4. The number of methoxy groups -OCH3 is 1. The van der Waals surface area contributed by atoms with Gasteiger partial charge in [-0.2, -0.15) is 0 Å². The minimum Gasteiger partial charge on any atom is -0.493 e. The summed E-state index contributed by atoms with van der Waals surface area (Å²) in [7, 11) is 1.63.